The van der Waals surface area contributed by atoms with Crippen molar-refractivity contribution in [2.45, 2.75) is 6.54 Å². The first kappa shape index (κ1) is 14.1. The molecule has 4 rings (SSSR count). The lowest BCUT2D eigenvalue weighted by atomic mass is 10.2. The van der Waals surface area contributed by atoms with Crippen molar-refractivity contribution in [2.75, 3.05) is 0 Å². The highest BCUT2D eigenvalue weighted by molar-refractivity contribution is 5.92. The second kappa shape index (κ2) is 5.58. The first-order valence-electron chi connectivity index (χ1n) is 7.19. The molecule has 0 spiro atoms. The number of aromatic amines is 2. The van der Waals surface area contributed by atoms with Crippen LogP contribution in [0.25, 0.3) is 22.6 Å². The predicted molar refractivity (Wildman–Crippen MR) is 84.3 cm³/mol. The summed E-state index contributed by atoms with van der Waals surface area (Å²) >= 11 is 0. The Balaban J connectivity index is 1.46. The lowest BCUT2D eigenvalue weighted by Crippen LogP contribution is -2.23. The normalized spacial score (nSPS) is 11.0. The molecule has 1 amide bonds. The van der Waals surface area contributed by atoms with E-state index in [1.807, 2.05) is 6.07 Å². The van der Waals surface area contributed by atoms with Gasteiger partial charge in [0.05, 0.1) is 17.3 Å². The molecular weight excluding hydrogens is 312 g/mol. The van der Waals surface area contributed by atoms with Gasteiger partial charge in [-0.1, -0.05) is 11.2 Å². The fourth-order valence-electron chi connectivity index (χ4n) is 2.38. The summed E-state index contributed by atoms with van der Waals surface area (Å²) in [5, 5.41) is 6.49. The van der Waals surface area contributed by atoms with Crippen LogP contribution in [0.5, 0.6) is 0 Å². The molecule has 3 heterocycles. The zero-order valence-electron chi connectivity index (χ0n) is 12.3. The largest absolute Gasteiger partial charge is 0.461 e. The van der Waals surface area contributed by atoms with Crippen LogP contribution >= 0.6 is 0 Å². The van der Waals surface area contributed by atoms with Gasteiger partial charge in [-0.05, 0) is 29.8 Å². The zero-order valence-corrected chi connectivity index (χ0v) is 12.3. The van der Waals surface area contributed by atoms with Gasteiger partial charge in [0.1, 0.15) is 0 Å². The summed E-state index contributed by atoms with van der Waals surface area (Å²) in [6.07, 6.45) is 1.51. The number of furan rings is 1. The third-order valence-electron chi connectivity index (χ3n) is 3.54. The van der Waals surface area contributed by atoms with Gasteiger partial charge in [-0.15, -0.1) is 0 Å². The first-order valence-corrected chi connectivity index (χ1v) is 7.19. The van der Waals surface area contributed by atoms with Gasteiger partial charge in [0.2, 0.25) is 5.76 Å². The summed E-state index contributed by atoms with van der Waals surface area (Å²) < 4.78 is 10.3. The van der Waals surface area contributed by atoms with Crippen LogP contribution in [0.3, 0.4) is 0 Å². The average Bonchev–Trinajstić information content (AvgIpc) is 3.30. The van der Waals surface area contributed by atoms with Crippen molar-refractivity contribution in [3.63, 3.8) is 0 Å². The van der Waals surface area contributed by atoms with Crippen molar-refractivity contribution in [1.29, 1.82) is 0 Å². The number of fused-ring (bicyclic) bond motifs is 1. The number of rotatable bonds is 4. The number of amides is 1. The Kier molecular flexibility index (Phi) is 3.27. The van der Waals surface area contributed by atoms with E-state index in [1.54, 1.807) is 24.3 Å². The molecule has 24 heavy (non-hydrogen) atoms. The average molecular weight is 324 g/mol. The van der Waals surface area contributed by atoms with E-state index in [4.69, 9.17) is 8.94 Å². The number of benzene rings is 1. The monoisotopic (exact) mass is 324 g/mol. The molecule has 4 aromatic rings. The van der Waals surface area contributed by atoms with Gasteiger partial charge < -0.3 is 24.2 Å². The van der Waals surface area contributed by atoms with E-state index >= 15 is 0 Å². The second-order valence-corrected chi connectivity index (χ2v) is 5.20. The second-order valence-electron chi connectivity index (χ2n) is 5.20. The van der Waals surface area contributed by atoms with Crippen LogP contribution in [0.4, 0.5) is 0 Å². The molecule has 8 nitrogen and oxygen atoms in total. The quantitative estimate of drug-likeness (QED) is 0.531. The number of carbonyl (C=O) groups is 1. The van der Waals surface area contributed by atoms with Gasteiger partial charge in [0.25, 0.3) is 5.91 Å². The van der Waals surface area contributed by atoms with Crippen LogP contribution < -0.4 is 11.0 Å². The number of nitrogens with one attached hydrogen (secondary N) is 3. The maximum Gasteiger partial charge on any atom is 0.323 e. The van der Waals surface area contributed by atoms with Crippen LogP contribution in [0.15, 0.2) is 56.4 Å². The minimum Gasteiger partial charge on any atom is -0.461 e. The summed E-state index contributed by atoms with van der Waals surface area (Å²) in [7, 11) is 0. The third kappa shape index (κ3) is 2.60. The Bertz CT molecular complexity index is 1060. The Labute approximate surface area is 134 Å². The van der Waals surface area contributed by atoms with Gasteiger partial charge in [-0.2, -0.15) is 0 Å². The fourth-order valence-corrected chi connectivity index (χ4v) is 2.38. The van der Waals surface area contributed by atoms with Gasteiger partial charge in [-0.3, -0.25) is 4.79 Å². The molecule has 120 valence electrons. The number of H-pyrrole nitrogens is 2. The minimum absolute atomic E-state index is 0.164. The number of hydrogen-bond donors (Lipinski definition) is 3. The highest BCUT2D eigenvalue weighted by Gasteiger charge is 2.15. The van der Waals surface area contributed by atoms with Crippen LogP contribution in [-0.4, -0.2) is 21.0 Å². The Morgan fingerprint density at radius 2 is 2.00 bits per heavy atom. The van der Waals surface area contributed by atoms with E-state index < -0.39 is 0 Å². The third-order valence-corrected chi connectivity index (χ3v) is 3.54. The van der Waals surface area contributed by atoms with Crippen molar-refractivity contribution in [3.8, 4) is 11.5 Å². The number of aromatic nitrogens is 3. The maximum atomic E-state index is 12.1. The molecule has 0 atom stereocenters. The summed E-state index contributed by atoms with van der Waals surface area (Å²) in [4.78, 5) is 28.7. The molecule has 3 aromatic heterocycles. The molecule has 0 aliphatic heterocycles. The first-order chi connectivity index (χ1) is 11.7. The van der Waals surface area contributed by atoms with Crippen molar-refractivity contribution in [1.82, 2.24) is 20.4 Å². The van der Waals surface area contributed by atoms with E-state index in [-0.39, 0.29) is 17.3 Å². The van der Waals surface area contributed by atoms with Gasteiger partial charge in [0.15, 0.2) is 11.5 Å². The molecule has 0 aliphatic carbocycles. The molecule has 0 saturated carbocycles. The Hall–Kier alpha value is -3.55. The highest BCUT2D eigenvalue weighted by atomic mass is 16.5. The predicted octanol–water partition coefficient (Wildman–Crippen LogP) is 2.03. The number of hydrogen-bond acceptors (Lipinski definition) is 5. The van der Waals surface area contributed by atoms with E-state index in [9.17, 15) is 9.59 Å². The summed E-state index contributed by atoms with van der Waals surface area (Å²) in [6.45, 7) is 0.297. The number of imidazole rings is 1. The van der Waals surface area contributed by atoms with E-state index in [0.29, 0.717) is 23.6 Å². The molecule has 0 bridgehead atoms. The van der Waals surface area contributed by atoms with Crippen molar-refractivity contribution in [3.05, 3.63) is 64.4 Å². The van der Waals surface area contributed by atoms with Crippen LogP contribution in [0.1, 0.15) is 16.1 Å². The van der Waals surface area contributed by atoms with Crippen molar-refractivity contribution in [2.24, 2.45) is 0 Å². The number of nitrogens with zero attached hydrogens (tertiary/aromatic N) is 1. The van der Waals surface area contributed by atoms with Crippen molar-refractivity contribution >= 4 is 16.9 Å². The van der Waals surface area contributed by atoms with Crippen LogP contribution in [0, 0.1) is 0 Å². The molecule has 0 unspecified atom stereocenters. The SMILES string of the molecule is O=C(NCc1ccc2[nH]c(=O)[nH]c2c1)c1cc(-c2ccco2)on1. The summed E-state index contributed by atoms with van der Waals surface area (Å²) in [5.41, 5.74) is 2.15. The van der Waals surface area contributed by atoms with E-state index in [0.717, 1.165) is 11.1 Å². The Morgan fingerprint density at radius 1 is 1.12 bits per heavy atom. The molecule has 0 radical (unpaired) electrons. The van der Waals surface area contributed by atoms with Gasteiger partial charge in [-0.25, -0.2) is 4.79 Å². The van der Waals surface area contributed by atoms with Crippen molar-refractivity contribution < 1.29 is 13.7 Å². The standard InChI is InChI=1S/C16H12N4O4/c21-15(12-7-14(24-20-12)13-2-1-5-23-13)17-8-9-3-4-10-11(6-9)19-16(22)18-10/h1-7H,8H2,(H,17,21)(H2,18,19,22). The van der Waals surface area contributed by atoms with Crippen LogP contribution in [0.2, 0.25) is 0 Å². The minimum atomic E-state index is -0.362. The maximum absolute atomic E-state index is 12.1. The Morgan fingerprint density at radius 3 is 2.83 bits per heavy atom. The molecule has 0 aliphatic rings. The van der Waals surface area contributed by atoms with E-state index in [2.05, 4.69) is 20.4 Å². The smallest absolute Gasteiger partial charge is 0.323 e. The summed E-state index contributed by atoms with van der Waals surface area (Å²) in [5.74, 6) is 0.527. The lowest BCUT2D eigenvalue weighted by Gasteiger charge is -2.03. The highest BCUT2D eigenvalue weighted by Crippen LogP contribution is 2.20. The molecule has 0 saturated heterocycles. The zero-order chi connectivity index (χ0) is 16.5. The molecule has 1 aromatic carbocycles. The van der Waals surface area contributed by atoms with Crippen LogP contribution in [-0.2, 0) is 6.54 Å². The molecule has 0 fully saturated rings. The molecule has 3 N–H and O–H groups in total. The fraction of sp³-hybridized carbons (Fsp3) is 0.0625. The number of carbonyl (C=O) groups excluding carboxylic acids is 1. The van der Waals surface area contributed by atoms with Gasteiger partial charge in [0, 0.05) is 12.6 Å². The topological polar surface area (TPSA) is 117 Å². The molecule has 8 heteroatoms. The van der Waals surface area contributed by atoms with Gasteiger partial charge >= 0.3 is 5.69 Å². The lowest BCUT2D eigenvalue weighted by molar-refractivity contribution is 0.0942. The summed E-state index contributed by atoms with van der Waals surface area (Å²) in [6, 6.07) is 10.4. The van der Waals surface area contributed by atoms with E-state index in [1.165, 1.54) is 12.3 Å². The molecular formula is C16H12N4O4.